The second-order valence-corrected chi connectivity index (χ2v) is 10.7. The molecule has 0 radical (unpaired) electrons. The first-order valence-corrected chi connectivity index (χ1v) is 13.8. The molecule has 6 rings (SSSR count). The summed E-state index contributed by atoms with van der Waals surface area (Å²) in [5.74, 6) is -1.21. The zero-order valence-electron chi connectivity index (χ0n) is 22.2. The van der Waals surface area contributed by atoms with Gasteiger partial charge in [-0.3, -0.25) is 34.3 Å². The SMILES string of the molecule is O=C1CCC(N2C(=O)c3cccc(OCc4ccc(CN5CCC(c6ccccc6)CC5)cc4)c3C2=O)C(=O)N1. The Morgan fingerprint density at radius 1 is 0.775 bits per heavy atom. The molecule has 2 fully saturated rings. The van der Waals surface area contributed by atoms with Crippen LogP contribution in [0.2, 0.25) is 0 Å². The third-order valence-corrected chi connectivity index (χ3v) is 8.11. The van der Waals surface area contributed by atoms with Crippen molar-refractivity contribution in [3.8, 4) is 5.75 Å². The highest BCUT2D eigenvalue weighted by atomic mass is 16.5. The van der Waals surface area contributed by atoms with E-state index in [1.54, 1.807) is 18.2 Å². The molecule has 1 atom stereocenters. The fourth-order valence-corrected chi connectivity index (χ4v) is 5.91. The number of carbonyl (C=O) groups excluding carboxylic acids is 4. The Bertz CT molecular complexity index is 1450. The van der Waals surface area contributed by atoms with Crippen LogP contribution in [0.4, 0.5) is 0 Å². The minimum absolute atomic E-state index is 0.0785. The zero-order chi connectivity index (χ0) is 27.6. The van der Waals surface area contributed by atoms with Crippen LogP contribution < -0.4 is 10.1 Å². The third-order valence-electron chi connectivity index (χ3n) is 8.11. The highest BCUT2D eigenvalue weighted by Crippen LogP contribution is 2.34. The first kappa shape index (κ1) is 26.0. The fraction of sp³-hybridized carbons (Fsp3) is 0.312. The summed E-state index contributed by atoms with van der Waals surface area (Å²) >= 11 is 0. The minimum atomic E-state index is -1.00. The molecule has 8 nitrogen and oxygen atoms in total. The number of nitrogens with zero attached hydrogens (tertiary/aromatic N) is 2. The molecule has 8 heteroatoms. The molecule has 0 bridgehead atoms. The first-order chi connectivity index (χ1) is 19.5. The summed E-state index contributed by atoms with van der Waals surface area (Å²) in [7, 11) is 0. The van der Waals surface area contributed by atoms with Crippen molar-refractivity contribution in [2.75, 3.05) is 13.1 Å². The molecular formula is C32H31N3O5. The summed E-state index contributed by atoms with van der Waals surface area (Å²) in [4.78, 5) is 53.6. The number of hydrogen-bond acceptors (Lipinski definition) is 6. The predicted octanol–water partition coefficient (Wildman–Crippen LogP) is 4.05. The van der Waals surface area contributed by atoms with E-state index < -0.39 is 29.7 Å². The summed E-state index contributed by atoms with van der Waals surface area (Å²) in [5, 5.41) is 2.22. The number of nitrogens with one attached hydrogen (secondary N) is 1. The maximum absolute atomic E-state index is 13.3. The molecular weight excluding hydrogens is 506 g/mol. The van der Waals surface area contributed by atoms with E-state index >= 15 is 0 Å². The van der Waals surface area contributed by atoms with Crippen molar-refractivity contribution < 1.29 is 23.9 Å². The van der Waals surface area contributed by atoms with Crippen molar-refractivity contribution in [3.05, 3.63) is 101 Å². The van der Waals surface area contributed by atoms with Gasteiger partial charge in [0.2, 0.25) is 11.8 Å². The lowest BCUT2D eigenvalue weighted by molar-refractivity contribution is -0.136. The molecule has 1 N–H and O–H groups in total. The molecule has 0 aliphatic carbocycles. The van der Waals surface area contributed by atoms with Crippen molar-refractivity contribution in [1.29, 1.82) is 0 Å². The maximum atomic E-state index is 13.3. The molecule has 40 heavy (non-hydrogen) atoms. The smallest absolute Gasteiger partial charge is 0.266 e. The molecule has 3 aliphatic heterocycles. The minimum Gasteiger partial charge on any atom is -0.488 e. The van der Waals surface area contributed by atoms with E-state index in [2.05, 4.69) is 52.7 Å². The van der Waals surface area contributed by atoms with E-state index in [4.69, 9.17) is 4.74 Å². The van der Waals surface area contributed by atoms with Gasteiger partial charge in [-0.15, -0.1) is 0 Å². The fourth-order valence-electron chi connectivity index (χ4n) is 5.91. The Morgan fingerprint density at radius 3 is 2.23 bits per heavy atom. The molecule has 4 amide bonds. The number of likely N-dealkylation sites (tertiary alicyclic amines) is 1. The van der Waals surface area contributed by atoms with Gasteiger partial charge in [0.1, 0.15) is 18.4 Å². The van der Waals surface area contributed by atoms with Gasteiger partial charge in [0.25, 0.3) is 11.8 Å². The van der Waals surface area contributed by atoms with Crippen molar-refractivity contribution in [2.24, 2.45) is 0 Å². The molecule has 0 aromatic heterocycles. The van der Waals surface area contributed by atoms with Crippen molar-refractivity contribution in [3.63, 3.8) is 0 Å². The van der Waals surface area contributed by atoms with Crippen LogP contribution in [0.3, 0.4) is 0 Å². The molecule has 0 spiro atoms. The first-order valence-electron chi connectivity index (χ1n) is 13.8. The van der Waals surface area contributed by atoms with Gasteiger partial charge in [-0.25, -0.2) is 0 Å². The number of carbonyl (C=O) groups is 4. The second kappa shape index (κ2) is 11.1. The van der Waals surface area contributed by atoms with Crippen LogP contribution in [0, 0.1) is 0 Å². The average Bonchev–Trinajstić information content (AvgIpc) is 3.23. The normalized spacial score (nSPS) is 20.0. The number of rotatable bonds is 7. The zero-order valence-corrected chi connectivity index (χ0v) is 22.2. The molecule has 3 aliphatic rings. The largest absolute Gasteiger partial charge is 0.488 e. The van der Waals surface area contributed by atoms with Crippen LogP contribution in [0.1, 0.15) is 69.0 Å². The lowest BCUT2D eigenvalue weighted by Gasteiger charge is -2.32. The molecule has 0 saturated carbocycles. The Balaban J connectivity index is 1.06. The summed E-state index contributed by atoms with van der Waals surface area (Å²) in [6.07, 6.45) is 2.53. The van der Waals surface area contributed by atoms with Gasteiger partial charge in [-0.2, -0.15) is 0 Å². The summed E-state index contributed by atoms with van der Waals surface area (Å²) < 4.78 is 6.01. The van der Waals surface area contributed by atoms with Crippen molar-refractivity contribution in [1.82, 2.24) is 15.1 Å². The molecule has 3 heterocycles. The number of fused-ring (bicyclic) bond motifs is 1. The van der Waals surface area contributed by atoms with Gasteiger partial charge in [0.05, 0.1) is 11.1 Å². The monoisotopic (exact) mass is 537 g/mol. The van der Waals surface area contributed by atoms with Crippen LogP contribution >= 0.6 is 0 Å². The van der Waals surface area contributed by atoms with Gasteiger partial charge < -0.3 is 4.74 Å². The lowest BCUT2D eigenvalue weighted by atomic mass is 9.89. The van der Waals surface area contributed by atoms with Gasteiger partial charge in [-0.1, -0.05) is 60.7 Å². The Hall–Kier alpha value is -4.30. The van der Waals surface area contributed by atoms with Gasteiger partial charge >= 0.3 is 0 Å². The van der Waals surface area contributed by atoms with Crippen LogP contribution in [0.15, 0.2) is 72.8 Å². The molecule has 3 aromatic rings. The van der Waals surface area contributed by atoms with Crippen LogP contribution in [0.5, 0.6) is 5.75 Å². The highest BCUT2D eigenvalue weighted by Gasteiger charge is 2.46. The number of piperidine rings is 2. The number of ether oxygens (including phenoxy) is 1. The van der Waals surface area contributed by atoms with Crippen LogP contribution in [-0.4, -0.2) is 52.6 Å². The van der Waals surface area contributed by atoms with Crippen molar-refractivity contribution in [2.45, 2.75) is 50.8 Å². The van der Waals surface area contributed by atoms with E-state index in [9.17, 15) is 19.2 Å². The topological polar surface area (TPSA) is 96.0 Å². The predicted molar refractivity (Wildman–Crippen MR) is 148 cm³/mol. The highest BCUT2D eigenvalue weighted by molar-refractivity contribution is 6.24. The lowest BCUT2D eigenvalue weighted by Crippen LogP contribution is -2.54. The number of imide groups is 2. The van der Waals surface area contributed by atoms with E-state index in [1.165, 1.54) is 24.0 Å². The molecule has 204 valence electrons. The number of benzene rings is 3. The number of hydrogen-bond donors (Lipinski definition) is 1. The van der Waals surface area contributed by atoms with Gasteiger partial charge in [0, 0.05) is 13.0 Å². The van der Waals surface area contributed by atoms with E-state index in [0.29, 0.717) is 11.7 Å². The quantitative estimate of drug-likeness (QED) is 0.457. The standard InChI is InChI=1S/C32H31N3O5/c36-28-14-13-26(30(37)33-28)35-31(38)25-7-4-8-27(29(25)32(35)39)40-20-22-11-9-21(10-12-22)19-34-17-15-24(16-18-34)23-5-2-1-3-6-23/h1-12,24,26H,13-20H2,(H,33,36,37). The summed E-state index contributed by atoms with van der Waals surface area (Å²) in [6.45, 7) is 3.29. The average molecular weight is 538 g/mol. The van der Waals surface area contributed by atoms with Crippen molar-refractivity contribution >= 4 is 23.6 Å². The third kappa shape index (κ3) is 5.14. The second-order valence-electron chi connectivity index (χ2n) is 10.7. The Kier molecular flexibility index (Phi) is 7.17. The summed E-state index contributed by atoms with van der Waals surface area (Å²) in [6, 6.07) is 22.9. The van der Waals surface area contributed by atoms with E-state index in [-0.39, 0.29) is 30.6 Å². The van der Waals surface area contributed by atoms with Crippen LogP contribution in [0.25, 0.3) is 0 Å². The molecule has 2 saturated heterocycles. The molecule has 1 unspecified atom stereocenters. The molecule has 3 aromatic carbocycles. The Morgan fingerprint density at radius 2 is 1.50 bits per heavy atom. The van der Waals surface area contributed by atoms with Gasteiger partial charge in [-0.05, 0) is 67.1 Å². The maximum Gasteiger partial charge on any atom is 0.266 e. The van der Waals surface area contributed by atoms with Gasteiger partial charge in [0.15, 0.2) is 0 Å². The van der Waals surface area contributed by atoms with E-state index in [0.717, 1.165) is 30.1 Å². The number of amides is 4. The Labute approximate surface area is 232 Å². The van der Waals surface area contributed by atoms with Crippen LogP contribution in [-0.2, 0) is 22.7 Å². The van der Waals surface area contributed by atoms with E-state index in [1.807, 2.05) is 12.1 Å². The summed E-state index contributed by atoms with van der Waals surface area (Å²) in [5.41, 5.74) is 3.99.